The Morgan fingerprint density at radius 3 is 2.23 bits per heavy atom. The number of rotatable bonds is 8. The predicted octanol–water partition coefficient (Wildman–Crippen LogP) is 3.19. The van der Waals surface area contributed by atoms with Gasteiger partial charge in [-0.15, -0.1) is 10.2 Å². The first-order valence-corrected chi connectivity index (χ1v) is 10.3. The first kappa shape index (κ1) is 22.2. The number of ether oxygens (including phenoxy) is 2. The highest BCUT2D eigenvalue weighted by Crippen LogP contribution is 2.32. The van der Waals surface area contributed by atoms with E-state index in [0.717, 1.165) is 5.56 Å². The number of aromatic nitrogens is 3. The largest absolute Gasteiger partial charge is 0.493 e. The zero-order valence-electron chi connectivity index (χ0n) is 17.6. The van der Waals surface area contributed by atoms with Crippen LogP contribution >= 0.6 is 11.8 Å². The highest BCUT2D eigenvalue weighted by molar-refractivity contribution is 7.99. The van der Waals surface area contributed by atoms with Gasteiger partial charge in [0, 0.05) is 30.9 Å². The van der Waals surface area contributed by atoms with Crippen LogP contribution < -0.4 is 20.1 Å². The Balaban J connectivity index is 1.62. The molecule has 10 heteroatoms. The fourth-order valence-electron chi connectivity index (χ4n) is 2.83. The molecular formula is C21H23N5O4S. The molecule has 0 spiro atoms. The summed E-state index contributed by atoms with van der Waals surface area (Å²) in [6.07, 6.45) is 0. The van der Waals surface area contributed by atoms with E-state index in [0.29, 0.717) is 33.9 Å². The minimum Gasteiger partial charge on any atom is -0.493 e. The van der Waals surface area contributed by atoms with Crippen molar-refractivity contribution in [2.75, 3.05) is 30.6 Å². The molecule has 2 N–H and O–H groups in total. The average molecular weight is 442 g/mol. The second-order valence-electron chi connectivity index (χ2n) is 6.53. The van der Waals surface area contributed by atoms with Crippen molar-refractivity contribution in [3.8, 4) is 22.9 Å². The Bertz CT molecular complexity index is 1080. The lowest BCUT2D eigenvalue weighted by Crippen LogP contribution is -2.14. The third kappa shape index (κ3) is 5.54. The summed E-state index contributed by atoms with van der Waals surface area (Å²) in [7, 11) is 5.00. The molecular weight excluding hydrogens is 418 g/mol. The quantitative estimate of drug-likeness (QED) is 0.517. The van der Waals surface area contributed by atoms with Gasteiger partial charge >= 0.3 is 0 Å². The number of hydrogen-bond acceptors (Lipinski definition) is 7. The number of carbonyl (C=O) groups excluding carboxylic acids is 2. The maximum atomic E-state index is 12.3. The van der Waals surface area contributed by atoms with E-state index < -0.39 is 0 Å². The van der Waals surface area contributed by atoms with Gasteiger partial charge in [-0.1, -0.05) is 11.8 Å². The predicted molar refractivity (Wildman–Crippen MR) is 120 cm³/mol. The van der Waals surface area contributed by atoms with Crippen LogP contribution in [0.2, 0.25) is 0 Å². The summed E-state index contributed by atoms with van der Waals surface area (Å²) in [4.78, 5) is 23.4. The van der Waals surface area contributed by atoms with Crippen LogP contribution in [-0.2, 0) is 16.6 Å². The van der Waals surface area contributed by atoms with Gasteiger partial charge in [0.15, 0.2) is 22.5 Å². The van der Waals surface area contributed by atoms with E-state index in [-0.39, 0.29) is 17.6 Å². The van der Waals surface area contributed by atoms with Gasteiger partial charge in [0.1, 0.15) is 0 Å². The van der Waals surface area contributed by atoms with Crippen LogP contribution in [0.4, 0.5) is 11.4 Å². The molecule has 31 heavy (non-hydrogen) atoms. The van der Waals surface area contributed by atoms with Crippen molar-refractivity contribution in [3.63, 3.8) is 0 Å². The van der Waals surface area contributed by atoms with Crippen LogP contribution in [-0.4, -0.2) is 46.6 Å². The lowest BCUT2D eigenvalue weighted by Gasteiger charge is -2.09. The van der Waals surface area contributed by atoms with Gasteiger partial charge in [0.25, 0.3) is 0 Å². The van der Waals surface area contributed by atoms with E-state index in [1.165, 1.54) is 18.7 Å². The standard InChI is InChI=1S/C21H23N5O4S/c1-13(27)22-15-6-8-16(9-7-15)23-19(28)12-31-21-25-24-20(26(21)2)14-5-10-17(29-3)18(11-14)30-4/h5-11H,12H2,1-4H3,(H,22,27)(H,23,28). The topological polar surface area (TPSA) is 107 Å². The van der Waals surface area contributed by atoms with Crippen LogP contribution in [0.3, 0.4) is 0 Å². The number of hydrogen-bond donors (Lipinski definition) is 2. The maximum absolute atomic E-state index is 12.3. The van der Waals surface area contributed by atoms with Gasteiger partial charge in [0.05, 0.1) is 20.0 Å². The van der Waals surface area contributed by atoms with Crippen molar-refractivity contribution < 1.29 is 19.1 Å². The Morgan fingerprint density at radius 2 is 1.61 bits per heavy atom. The molecule has 0 saturated heterocycles. The molecule has 0 bridgehead atoms. The highest BCUT2D eigenvalue weighted by atomic mass is 32.2. The molecule has 3 rings (SSSR count). The Hall–Kier alpha value is -3.53. The van der Waals surface area contributed by atoms with Crippen LogP contribution in [0.15, 0.2) is 47.6 Å². The van der Waals surface area contributed by atoms with E-state index in [9.17, 15) is 9.59 Å². The molecule has 3 aromatic rings. The zero-order valence-corrected chi connectivity index (χ0v) is 18.4. The second kappa shape index (κ2) is 9.98. The SMILES string of the molecule is COc1ccc(-c2nnc(SCC(=O)Nc3ccc(NC(C)=O)cc3)n2C)cc1OC. The van der Waals surface area contributed by atoms with Gasteiger partial charge in [-0.05, 0) is 42.5 Å². The van der Waals surface area contributed by atoms with E-state index >= 15 is 0 Å². The van der Waals surface area contributed by atoms with Crippen molar-refractivity contribution in [1.82, 2.24) is 14.8 Å². The summed E-state index contributed by atoms with van der Waals surface area (Å²) in [6, 6.07) is 12.4. The van der Waals surface area contributed by atoms with Gasteiger partial charge in [-0.25, -0.2) is 0 Å². The Labute approximate surface area is 184 Å². The highest BCUT2D eigenvalue weighted by Gasteiger charge is 2.15. The number of nitrogens with one attached hydrogen (secondary N) is 2. The molecule has 1 aromatic heterocycles. The molecule has 0 aliphatic heterocycles. The number of amides is 2. The summed E-state index contributed by atoms with van der Waals surface area (Å²) >= 11 is 1.28. The molecule has 1 heterocycles. The molecule has 0 atom stereocenters. The van der Waals surface area contributed by atoms with Gasteiger partial charge in [-0.2, -0.15) is 0 Å². The Kier molecular flexibility index (Phi) is 7.14. The monoisotopic (exact) mass is 441 g/mol. The number of nitrogens with zero attached hydrogens (tertiary/aromatic N) is 3. The van der Waals surface area contributed by atoms with Crippen LogP contribution in [0, 0.1) is 0 Å². The molecule has 0 aliphatic rings. The molecule has 0 fully saturated rings. The molecule has 9 nitrogen and oxygen atoms in total. The van der Waals surface area contributed by atoms with Crippen LogP contribution in [0.5, 0.6) is 11.5 Å². The second-order valence-corrected chi connectivity index (χ2v) is 7.47. The number of thioether (sulfide) groups is 1. The van der Waals surface area contributed by atoms with Crippen molar-refractivity contribution >= 4 is 35.0 Å². The van der Waals surface area contributed by atoms with Crippen molar-refractivity contribution in [3.05, 3.63) is 42.5 Å². The number of carbonyl (C=O) groups is 2. The third-order valence-electron chi connectivity index (χ3n) is 4.30. The molecule has 162 valence electrons. The molecule has 0 unspecified atom stereocenters. The number of anilines is 2. The lowest BCUT2D eigenvalue weighted by molar-refractivity contribution is -0.114. The summed E-state index contributed by atoms with van der Waals surface area (Å²) in [5, 5.41) is 14.5. The molecule has 0 saturated carbocycles. The van der Waals surface area contributed by atoms with E-state index in [1.807, 2.05) is 23.7 Å². The van der Waals surface area contributed by atoms with Gasteiger partial charge < -0.3 is 24.7 Å². The maximum Gasteiger partial charge on any atom is 0.234 e. The van der Waals surface area contributed by atoms with Crippen molar-refractivity contribution in [2.45, 2.75) is 12.1 Å². The van der Waals surface area contributed by atoms with Crippen molar-refractivity contribution in [2.24, 2.45) is 7.05 Å². The molecule has 0 radical (unpaired) electrons. The summed E-state index contributed by atoms with van der Waals surface area (Å²) in [6.45, 7) is 1.44. The van der Waals surface area contributed by atoms with E-state index in [4.69, 9.17) is 9.47 Å². The summed E-state index contributed by atoms with van der Waals surface area (Å²) in [5.41, 5.74) is 2.13. The van der Waals surface area contributed by atoms with Crippen LogP contribution in [0.1, 0.15) is 6.92 Å². The van der Waals surface area contributed by atoms with E-state index in [2.05, 4.69) is 20.8 Å². The first-order chi connectivity index (χ1) is 14.9. The smallest absolute Gasteiger partial charge is 0.234 e. The molecule has 0 aliphatic carbocycles. The fraction of sp³-hybridized carbons (Fsp3) is 0.238. The molecule has 2 amide bonds. The molecule has 2 aromatic carbocycles. The number of benzene rings is 2. The third-order valence-corrected chi connectivity index (χ3v) is 5.32. The first-order valence-electron chi connectivity index (χ1n) is 9.33. The average Bonchev–Trinajstić information content (AvgIpc) is 3.13. The lowest BCUT2D eigenvalue weighted by atomic mass is 10.2. The summed E-state index contributed by atoms with van der Waals surface area (Å²) in [5.74, 6) is 1.73. The minimum atomic E-state index is -0.173. The zero-order chi connectivity index (χ0) is 22.4. The van der Waals surface area contributed by atoms with Gasteiger partial charge in [-0.3, -0.25) is 9.59 Å². The normalized spacial score (nSPS) is 10.5. The fourth-order valence-corrected chi connectivity index (χ4v) is 3.55. The van der Waals surface area contributed by atoms with Gasteiger partial charge in [0.2, 0.25) is 11.8 Å². The number of methoxy groups -OCH3 is 2. The van der Waals surface area contributed by atoms with Crippen LogP contribution in [0.25, 0.3) is 11.4 Å². The minimum absolute atomic E-state index is 0.149. The summed E-state index contributed by atoms with van der Waals surface area (Å²) < 4.78 is 12.4. The van der Waals surface area contributed by atoms with E-state index in [1.54, 1.807) is 44.6 Å². The van der Waals surface area contributed by atoms with Crippen molar-refractivity contribution in [1.29, 1.82) is 0 Å². The Morgan fingerprint density at radius 1 is 0.968 bits per heavy atom.